The van der Waals surface area contributed by atoms with Gasteiger partial charge in [0.05, 0.1) is 23.1 Å². The number of fused-ring (bicyclic) bond motifs is 1. The molecule has 1 aliphatic heterocycles. The fourth-order valence-corrected chi connectivity index (χ4v) is 4.08. The van der Waals surface area contributed by atoms with E-state index in [1.165, 1.54) is 23.4 Å². The van der Waals surface area contributed by atoms with E-state index in [4.69, 9.17) is 0 Å². The first kappa shape index (κ1) is 19.9. The van der Waals surface area contributed by atoms with E-state index in [0.717, 1.165) is 48.6 Å². The molecule has 9 nitrogen and oxygen atoms in total. The van der Waals surface area contributed by atoms with Crippen molar-refractivity contribution >= 4 is 28.2 Å². The SMILES string of the molecule is Cc1ccc(N2CCN(c3ncnc4c3cnn4Cc3ccc([N+](=O)[O-])cc3)CC2)cc1. The van der Waals surface area contributed by atoms with Crippen molar-refractivity contribution in [2.24, 2.45) is 0 Å². The average molecular weight is 429 g/mol. The lowest BCUT2D eigenvalue weighted by Crippen LogP contribution is -2.46. The molecule has 0 saturated carbocycles. The first-order valence-electron chi connectivity index (χ1n) is 10.5. The molecule has 0 unspecified atom stereocenters. The average Bonchev–Trinajstić information content (AvgIpc) is 3.23. The third-order valence-electron chi connectivity index (χ3n) is 5.87. The minimum atomic E-state index is -0.398. The van der Waals surface area contributed by atoms with Gasteiger partial charge in [0, 0.05) is 44.0 Å². The molecule has 1 saturated heterocycles. The fourth-order valence-electron chi connectivity index (χ4n) is 4.08. The van der Waals surface area contributed by atoms with Crippen LogP contribution in [0.15, 0.2) is 61.1 Å². The lowest BCUT2D eigenvalue weighted by atomic mass is 10.2. The monoisotopic (exact) mass is 429 g/mol. The highest BCUT2D eigenvalue weighted by molar-refractivity contribution is 5.86. The smallest absolute Gasteiger partial charge is 0.269 e. The Kier molecular flexibility index (Phi) is 5.14. The lowest BCUT2D eigenvalue weighted by molar-refractivity contribution is -0.384. The van der Waals surface area contributed by atoms with Crippen LogP contribution in [0.1, 0.15) is 11.1 Å². The molecule has 1 aliphatic rings. The normalized spacial score (nSPS) is 14.2. The van der Waals surface area contributed by atoms with Gasteiger partial charge < -0.3 is 9.80 Å². The minimum Gasteiger partial charge on any atom is -0.368 e. The zero-order valence-electron chi connectivity index (χ0n) is 17.8. The number of hydrogen-bond donors (Lipinski definition) is 0. The van der Waals surface area contributed by atoms with Crippen molar-refractivity contribution in [3.63, 3.8) is 0 Å². The Bertz CT molecular complexity index is 1240. The quantitative estimate of drug-likeness (QED) is 0.354. The van der Waals surface area contributed by atoms with Crippen molar-refractivity contribution in [2.75, 3.05) is 36.0 Å². The second kappa shape index (κ2) is 8.26. The van der Waals surface area contributed by atoms with E-state index in [9.17, 15) is 10.1 Å². The van der Waals surface area contributed by atoms with Crippen LogP contribution in [-0.2, 0) is 6.54 Å². The first-order valence-corrected chi connectivity index (χ1v) is 10.5. The van der Waals surface area contributed by atoms with Crippen molar-refractivity contribution in [3.8, 4) is 0 Å². The molecule has 0 N–H and O–H groups in total. The summed E-state index contributed by atoms with van der Waals surface area (Å²) in [5.74, 6) is 0.897. The molecule has 162 valence electrons. The highest BCUT2D eigenvalue weighted by Crippen LogP contribution is 2.26. The van der Waals surface area contributed by atoms with Gasteiger partial charge in [0.25, 0.3) is 5.69 Å². The maximum atomic E-state index is 10.9. The summed E-state index contributed by atoms with van der Waals surface area (Å²) in [7, 11) is 0. The van der Waals surface area contributed by atoms with Gasteiger partial charge in [0.1, 0.15) is 12.1 Å². The number of nitro benzene ring substituents is 1. The summed E-state index contributed by atoms with van der Waals surface area (Å²) >= 11 is 0. The molecule has 2 aromatic carbocycles. The maximum Gasteiger partial charge on any atom is 0.269 e. The van der Waals surface area contributed by atoms with Crippen molar-refractivity contribution < 1.29 is 4.92 Å². The maximum absolute atomic E-state index is 10.9. The van der Waals surface area contributed by atoms with Gasteiger partial charge >= 0.3 is 0 Å². The van der Waals surface area contributed by atoms with Gasteiger partial charge in [-0.15, -0.1) is 0 Å². The number of hydrogen-bond acceptors (Lipinski definition) is 7. The summed E-state index contributed by atoms with van der Waals surface area (Å²) in [6.07, 6.45) is 3.39. The highest BCUT2D eigenvalue weighted by atomic mass is 16.6. The number of nitrogens with zero attached hydrogens (tertiary/aromatic N) is 7. The van der Waals surface area contributed by atoms with Crippen LogP contribution in [0.4, 0.5) is 17.2 Å². The molecule has 0 radical (unpaired) electrons. The van der Waals surface area contributed by atoms with E-state index in [1.807, 2.05) is 10.9 Å². The predicted molar refractivity (Wildman–Crippen MR) is 123 cm³/mol. The van der Waals surface area contributed by atoms with Gasteiger partial charge in [-0.1, -0.05) is 29.8 Å². The first-order chi connectivity index (χ1) is 15.6. The fraction of sp³-hybridized carbons (Fsp3) is 0.261. The lowest BCUT2D eigenvalue weighted by Gasteiger charge is -2.36. The molecule has 32 heavy (non-hydrogen) atoms. The molecular formula is C23H23N7O2. The molecular weight excluding hydrogens is 406 g/mol. The van der Waals surface area contributed by atoms with Crippen molar-refractivity contribution in [3.05, 3.63) is 82.3 Å². The van der Waals surface area contributed by atoms with Crippen molar-refractivity contribution in [2.45, 2.75) is 13.5 Å². The van der Waals surface area contributed by atoms with Crippen LogP contribution in [0.5, 0.6) is 0 Å². The summed E-state index contributed by atoms with van der Waals surface area (Å²) in [4.78, 5) is 24.2. The van der Waals surface area contributed by atoms with Gasteiger partial charge in [-0.2, -0.15) is 5.10 Å². The number of piperazine rings is 1. The van der Waals surface area contributed by atoms with Crippen LogP contribution >= 0.6 is 0 Å². The van der Waals surface area contributed by atoms with Crippen LogP contribution in [0.25, 0.3) is 11.0 Å². The largest absolute Gasteiger partial charge is 0.368 e. The van der Waals surface area contributed by atoms with Crippen LogP contribution in [0, 0.1) is 17.0 Å². The number of aryl methyl sites for hydroxylation is 1. The molecule has 1 fully saturated rings. The number of non-ortho nitro benzene ring substituents is 1. The third-order valence-corrected chi connectivity index (χ3v) is 5.87. The molecule has 2 aromatic heterocycles. The van der Waals surface area contributed by atoms with Gasteiger partial charge in [0.2, 0.25) is 0 Å². The number of rotatable bonds is 5. The highest BCUT2D eigenvalue weighted by Gasteiger charge is 2.21. The number of anilines is 2. The zero-order valence-corrected chi connectivity index (χ0v) is 17.8. The summed E-state index contributed by atoms with van der Waals surface area (Å²) < 4.78 is 1.81. The van der Waals surface area contributed by atoms with E-state index >= 15 is 0 Å². The van der Waals surface area contributed by atoms with Crippen molar-refractivity contribution in [1.82, 2.24) is 19.7 Å². The van der Waals surface area contributed by atoms with Gasteiger partial charge in [-0.05, 0) is 24.6 Å². The van der Waals surface area contributed by atoms with E-state index in [1.54, 1.807) is 18.5 Å². The van der Waals surface area contributed by atoms with E-state index in [2.05, 4.69) is 56.1 Å². The van der Waals surface area contributed by atoms with Crippen LogP contribution < -0.4 is 9.80 Å². The van der Waals surface area contributed by atoms with E-state index in [-0.39, 0.29) is 5.69 Å². The molecule has 0 atom stereocenters. The Balaban J connectivity index is 1.33. The predicted octanol–water partition coefficient (Wildman–Crippen LogP) is 3.42. The summed E-state index contributed by atoms with van der Waals surface area (Å²) in [5.41, 5.74) is 4.27. The Morgan fingerprint density at radius 1 is 0.938 bits per heavy atom. The number of benzene rings is 2. The molecule has 5 rings (SSSR count). The Morgan fingerprint density at radius 2 is 1.62 bits per heavy atom. The minimum absolute atomic E-state index is 0.0773. The molecule has 0 spiro atoms. The molecule has 3 heterocycles. The van der Waals surface area contributed by atoms with Gasteiger partial charge in [0.15, 0.2) is 5.65 Å². The van der Waals surface area contributed by atoms with E-state index in [0.29, 0.717) is 6.54 Å². The molecule has 4 aromatic rings. The summed E-state index contributed by atoms with van der Waals surface area (Å²) in [5, 5.41) is 16.3. The Morgan fingerprint density at radius 3 is 2.31 bits per heavy atom. The third kappa shape index (κ3) is 3.84. The molecule has 9 heteroatoms. The molecule has 0 bridgehead atoms. The van der Waals surface area contributed by atoms with Crippen LogP contribution in [0.2, 0.25) is 0 Å². The Hall–Kier alpha value is -4.01. The van der Waals surface area contributed by atoms with Gasteiger partial charge in [-0.25, -0.2) is 14.6 Å². The van der Waals surface area contributed by atoms with E-state index < -0.39 is 4.92 Å². The van der Waals surface area contributed by atoms with Crippen LogP contribution in [-0.4, -0.2) is 50.9 Å². The zero-order chi connectivity index (χ0) is 22.1. The topological polar surface area (TPSA) is 93.2 Å². The summed E-state index contributed by atoms with van der Waals surface area (Å²) in [6, 6.07) is 15.2. The van der Waals surface area contributed by atoms with Gasteiger partial charge in [-0.3, -0.25) is 10.1 Å². The Labute approximate surface area is 185 Å². The van der Waals surface area contributed by atoms with Crippen LogP contribution in [0.3, 0.4) is 0 Å². The molecule has 0 amide bonds. The number of aromatic nitrogens is 4. The van der Waals surface area contributed by atoms with Crippen molar-refractivity contribution in [1.29, 1.82) is 0 Å². The second-order valence-corrected chi connectivity index (χ2v) is 7.97. The summed E-state index contributed by atoms with van der Waals surface area (Å²) in [6.45, 7) is 6.17. The number of nitro groups is 1. The standard InChI is InChI=1S/C23H23N7O2/c1-17-2-6-19(7-3-17)27-10-12-28(13-11-27)22-21-14-26-29(23(21)25-16-24-22)15-18-4-8-20(9-5-18)30(31)32/h2-9,14,16H,10-13,15H2,1H3. The second-order valence-electron chi connectivity index (χ2n) is 7.97. The molecule has 0 aliphatic carbocycles.